The zero-order valence-electron chi connectivity index (χ0n) is 12.2. The van der Waals surface area contributed by atoms with Crippen LogP contribution in [-0.2, 0) is 6.54 Å². The fourth-order valence-corrected chi connectivity index (χ4v) is 3.99. The molecule has 1 aliphatic carbocycles. The Hall–Kier alpha value is -1.42. The Morgan fingerprint density at radius 1 is 1.24 bits per heavy atom. The van der Waals surface area contributed by atoms with Crippen LogP contribution in [0, 0.1) is 11.7 Å². The number of nitrogens with zero attached hydrogens (tertiary/aromatic N) is 1. The van der Waals surface area contributed by atoms with Crippen molar-refractivity contribution in [3.63, 3.8) is 0 Å². The Kier molecular flexibility index (Phi) is 4.24. The molecule has 0 aromatic heterocycles. The minimum absolute atomic E-state index is 0.218. The minimum Gasteiger partial charge on any atom is -0.478 e. The second-order valence-electron chi connectivity index (χ2n) is 6.34. The van der Waals surface area contributed by atoms with E-state index in [1.165, 1.54) is 50.7 Å². The van der Waals surface area contributed by atoms with Gasteiger partial charge in [-0.15, -0.1) is 0 Å². The maximum atomic E-state index is 13.5. The van der Waals surface area contributed by atoms with Gasteiger partial charge in [0.2, 0.25) is 0 Å². The van der Waals surface area contributed by atoms with Crippen LogP contribution in [0.3, 0.4) is 0 Å². The highest BCUT2D eigenvalue weighted by molar-refractivity contribution is 5.88. The van der Waals surface area contributed by atoms with Gasteiger partial charge in [0, 0.05) is 12.6 Å². The van der Waals surface area contributed by atoms with Gasteiger partial charge in [0.15, 0.2) is 0 Å². The number of benzene rings is 1. The molecule has 3 rings (SSSR count). The Morgan fingerprint density at radius 3 is 2.71 bits per heavy atom. The van der Waals surface area contributed by atoms with Crippen LogP contribution in [0.2, 0.25) is 0 Å². The van der Waals surface area contributed by atoms with Gasteiger partial charge in [0.25, 0.3) is 0 Å². The van der Waals surface area contributed by atoms with Crippen LogP contribution in [0.25, 0.3) is 0 Å². The molecule has 1 aromatic rings. The summed E-state index contributed by atoms with van der Waals surface area (Å²) < 4.78 is 13.5. The fourth-order valence-electron chi connectivity index (χ4n) is 3.99. The monoisotopic (exact) mass is 291 g/mol. The highest BCUT2D eigenvalue weighted by Crippen LogP contribution is 2.36. The van der Waals surface area contributed by atoms with Gasteiger partial charge in [-0.3, -0.25) is 4.90 Å². The van der Waals surface area contributed by atoms with E-state index in [1.807, 2.05) is 0 Å². The molecule has 1 unspecified atom stereocenters. The van der Waals surface area contributed by atoms with Crippen molar-refractivity contribution in [3.8, 4) is 0 Å². The number of carboxylic acids is 1. The molecule has 1 saturated heterocycles. The van der Waals surface area contributed by atoms with E-state index in [9.17, 15) is 9.18 Å². The molecule has 0 spiro atoms. The second-order valence-corrected chi connectivity index (χ2v) is 6.34. The van der Waals surface area contributed by atoms with Crippen molar-refractivity contribution in [1.82, 2.24) is 4.90 Å². The maximum absolute atomic E-state index is 13.5. The molecule has 0 amide bonds. The topological polar surface area (TPSA) is 40.5 Å². The molecule has 1 aromatic carbocycles. The van der Waals surface area contributed by atoms with Gasteiger partial charge in [-0.1, -0.05) is 18.9 Å². The van der Waals surface area contributed by atoms with Crippen molar-refractivity contribution in [2.24, 2.45) is 5.92 Å². The quantitative estimate of drug-likeness (QED) is 0.920. The molecule has 2 fully saturated rings. The molecule has 0 bridgehead atoms. The van der Waals surface area contributed by atoms with Crippen molar-refractivity contribution in [1.29, 1.82) is 0 Å². The number of rotatable bonds is 4. The summed E-state index contributed by atoms with van der Waals surface area (Å²) in [6, 6.07) is 5.11. The van der Waals surface area contributed by atoms with Crippen molar-refractivity contribution in [2.45, 2.75) is 51.1 Å². The summed E-state index contributed by atoms with van der Waals surface area (Å²) >= 11 is 0. The summed E-state index contributed by atoms with van der Waals surface area (Å²) in [6.07, 6.45) is 7.80. The molecule has 1 saturated carbocycles. The number of aromatic carboxylic acids is 1. The van der Waals surface area contributed by atoms with E-state index in [2.05, 4.69) is 4.90 Å². The standard InChI is InChI=1S/C17H22FNO2/c18-15-8-7-12(10-14(15)17(20)21)11-19-9-3-6-16(19)13-4-1-2-5-13/h7-8,10,13,16H,1-6,9,11H2,(H,20,21). The van der Waals surface area contributed by atoms with E-state index in [0.717, 1.165) is 24.6 Å². The van der Waals surface area contributed by atoms with E-state index in [-0.39, 0.29) is 5.56 Å². The van der Waals surface area contributed by atoms with Crippen LogP contribution in [0.4, 0.5) is 4.39 Å². The lowest BCUT2D eigenvalue weighted by molar-refractivity contribution is 0.0691. The van der Waals surface area contributed by atoms with Crippen LogP contribution >= 0.6 is 0 Å². The van der Waals surface area contributed by atoms with Crippen LogP contribution < -0.4 is 0 Å². The lowest BCUT2D eigenvalue weighted by Gasteiger charge is -2.29. The number of likely N-dealkylation sites (tertiary alicyclic amines) is 1. The van der Waals surface area contributed by atoms with Crippen LogP contribution in [0.5, 0.6) is 0 Å². The summed E-state index contributed by atoms with van der Waals surface area (Å²) in [5.41, 5.74) is 0.683. The lowest BCUT2D eigenvalue weighted by Crippen LogP contribution is -2.34. The number of carbonyl (C=O) groups is 1. The summed E-state index contributed by atoms with van der Waals surface area (Å²) in [6.45, 7) is 1.81. The minimum atomic E-state index is -1.19. The average molecular weight is 291 g/mol. The molecular formula is C17H22FNO2. The third-order valence-electron chi connectivity index (χ3n) is 5.01. The molecule has 114 valence electrons. The number of halogens is 1. The Balaban J connectivity index is 1.73. The molecular weight excluding hydrogens is 269 g/mol. The molecule has 1 heterocycles. The smallest absolute Gasteiger partial charge is 0.338 e. The first-order valence-corrected chi connectivity index (χ1v) is 7.91. The summed E-state index contributed by atoms with van der Waals surface area (Å²) in [5, 5.41) is 9.02. The average Bonchev–Trinajstić information content (AvgIpc) is 3.11. The Bertz CT molecular complexity index is 526. The molecule has 2 aliphatic rings. The largest absolute Gasteiger partial charge is 0.478 e. The fraction of sp³-hybridized carbons (Fsp3) is 0.588. The second kappa shape index (κ2) is 6.14. The SMILES string of the molecule is O=C(O)c1cc(CN2CCCC2C2CCCC2)ccc1F. The van der Waals surface area contributed by atoms with Crippen LogP contribution in [0.15, 0.2) is 18.2 Å². The summed E-state index contributed by atoms with van der Waals surface area (Å²) in [4.78, 5) is 13.5. The molecule has 1 atom stereocenters. The van der Waals surface area contributed by atoms with E-state index >= 15 is 0 Å². The van der Waals surface area contributed by atoms with Gasteiger partial charge in [0.1, 0.15) is 5.82 Å². The third kappa shape index (κ3) is 3.10. The first-order chi connectivity index (χ1) is 10.1. The highest BCUT2D eigenvalue weighted by Gasteiger charge is 2.33. The van der Waals surface area contributed by atoms with Crippen LogP contribution in [-0.4, -0.2) is 28.6 Å². The zero-order valence-corrected chi connectivity index (χ0v) is 12.2. The van der Waals surface area contributed by atoms with Crippen molar-refractivity contribution < 1.29 is 14.3 Å². The zero-order chi connectivity index (χ0) is 14.8. The van der Waals surface area contributed by atoms with Crippen molar-refractivity contribution in [3.05, 3.63) is 35.1 Å². The first-order valence-electron chi connectivity index (χ1n) is 7.91. The Labute approximate surface area is 124 Å². The summed E-state index contributed by atoms with van der Waals surface area (Å²) in [5.74, 6) is -1.05. The lowest BCUT2D eigenvalue weighted by atomic mass is 9.95. The molecule has 21 heavy (non-hydrogen) atoms. The molecule has 4 heteroatoms. The third-order valence-corrected chi connectivity index (χ3v) is 5.01. The van der Waals surface area contributed by atoms with Gasteiger partial charge in [-0.05, 0) is 55.8 Å². The maximum Gasteiger partial charge on any atom is 0.338 e. The van der Waals surface area contributed by atoms with Gasteiger partial charge in [-0.25, -0.2) is 9.18 Å². The summed E-state index contributed by atoms with van der Waals surface area (Å²) in [7, 11) is 0. The highest BCUT2D eigenvalue weighted by atomic mass is 19.1. The van der Waals surface area contributed by atoms with Gasteiger partial charge < -0.3 is 5.11 Å². The van der Waals surface area contributed by atoms with Crippen LogP contribution in [0.1, 0.15) is 54.4 Å². The number of hydrogen-bond donors (Lipinski definition) is 1. The predicted molar refractivity (Wildman–Crippen MR) is 78.7 cm³/mol. The molecule has 0 radical (unpaired) electrons. The normalized spacial score (nSPS) is 23.8. The van der Waals surface area contributed by atoms with E-state index < -0.39 is 11.8 Å². The van der Waals surface area contributed by atoms with E-state index in [1.54, 1.807) is 6.07 Å². The van der Waals surface area contributed by atoms with E-state index in [4.69, 9.17) is 5.11 Å². The van der Waals surface area contributed by atoms with Crippen molar-refractivity contribution >= 4 is 5.97 Å². The van der Waals surface area contributed by atoms with Gasteiger partial charge >= 0.3 is 5.97 Å². The van der Waals surface area contributed by atoms with Gasteiger partial charge in [0.05, 0.1) is 5.56 Å². The molecule has 1 N–H and O–H groups in total. The Morgan fingerprint density at radius 2 is 2.00 bits per heavy atom. The first kappa shape index (κ1) is 14.5. The molecule has 3 nitrogen and oxygen atoms in total. The van der Waals surface area contributed by atoms with E-state index in [0.29, 0.717) is 6.04 Å². The van der Waals surface area contributed by atoms with Gasteiger partial charge in [-0.2, -0.15) is 0 Å². The number of carboxylic acid groups (broad SMARTS) is 1. The number of hydrogen-bond acceptors (Lipinski definition) is 2. The predicted octanol–water partition coefficient (Wildman–Crippen LogP) is 3.68. The van der Waals surface area contributed by atoms with Crippen molar-refractivity contribution in [2.75, 3.05) is 6.54 Å². The molecule has 1 aliphatic heterocycles.